The van der Waals surface area contributed by atoms with Crippen molar-refractivity contribution < 1.29 is 5.11 Å². The first kappa shape index (κ1) is 15.4. The van der Waals surface area contributed by atoms with E-state index in [1.165, 1.54) is 67.5 Å². The number of imidazole rings is 1. The van der Waals surface area contributed by atoms with Gasteiger partial charge in [0.1, 0.15) is 11.2 Å². The molecule has 0 aromatic carbocycles. The maximum Gasteiger partial charge on any atom is 0.120 e. The molecule has 0 radical (unpaired) electrons. The minimum absolute atomic E-state index is 0.311. The lowest BCUT2D eigenvalue weighted by atomic mass is 9.67. The van der Waals surface area contributed by atoms with Crippen LogP contribution in [0, 0.1) is 17.8 Å². The van der Waals surface area contributed by atoms with E-state index in [2.05, 4.69) is 9.38 Å². The van der Waals surface area contributed by atoms with E-state index in [0.717, 1.165) is 24.0 Å². The second-order valence-corrected chi connectivity index (χ2v) is 9.51. The molecule has 5 rings (SSSR count). The number of hydrogen-bond acceptors (Lipinski definition) is 3. The number of aliphatic hydroxyl groups is 1. The molecule has 2 heterocycles. The quantitative estimate of drug-likeness (QED) is 0.799. The van der Waals surface area contributed by atoms with Gasteiger partial charge in [-0.25, -0.2) is 4.98 Å². The van der Waals surface area contributed by atoms with E-state index in [1.54, 1.807) is 0 Å². The third-order valence-corrected chi connectivity index (χ3v) is 8.13. The first-order chi connectivity index (χ1) is 11.8. The molecule has 0 aliphatic heterocycles. The second kappa shape index (κ2) is 6.14. The number of fused-ring (bicyclic) bond motifs is 1. The fourth-order valence-electron chi connectivity index (χ4n) is 5.02. The third kappa shape index (κ3) is 2.72. The molecular formula is C20H28N2OS. The first-order valence-corrected chi connectivity index (χ1v) is 10.7. The van der Waals surface area contributed by atoms with Crippen molar-refractivity contribution >= 4 is 16.2 Å². The van der Waals surface area contributed by atoms with E-state index in [-0.39, 0.29) is 6.10 Å². The van der Waals surface area contributed by atoms with Gasteiger partial charge >= 0.3 is 0 Å². The highest BCUT2D eigenvalue weighted by Crippen LogP contribution is 2.49. The van der Waals surface area contributed by atoms with Crippen LogP contribution >= 0.6 is 11.3 Å². The smallest absolute Gasteiger partial charge is 0.120 e. The number of aromatic nitrogens is 2. The molecule has 3 fully saturated rings. The van der Waals surface area contributed by atoms with Gasteiger partial charge in [0.25, 0.3) is 0 Å². The summed E-state index contributed by atoms with van der Waals surface area (Å²) in [5.41, 5.74) is 1.16. The van der Waals surface area contributed by atoms with Gasteiger partial charge in [-0.1, -0.05) is 32.1 Å². The Balaban J connectivity index is 1.28. The summed E-state index contributed by atoms with van der Waals surface area (Å²) in [5, 5.41) is 11.0. The summed E-state index contributed by atoms with van der Waals surface area (Å²) < 4.78 is 2.16. The van der Waals surface area contributed by atoms with Gasteiger partial charge < -0.3 is 5.11 Å². The predicted octanol–water partition coefficient (Wildman–Crippen LogP) is 5.30. The van der Waals surface area contributed by atoms with Crippen LogP contribution in [0.25, 0.3) is 4.83 Å². The van der Waals surface area contributed by atoms with Gasteiger partial charge in [-0.3, -0.25) is 4.40 Å². The van der Waals surface area contributed by atoms with Crippen LogP contribution in [0.5, 0.6) is 0 Å². The average molecular weight is 345 g/mol. The van der Waals surface area contributed by atoms with Crippen molar-refractivity contribution in [2.45, 2.75) is 76.2 Å². The van der Waals surface area contributed by atoms with Crippen LogP contribution in [-0.2, 0) is 0 Å². The van der Waals surface area contributed by atoms with Crippen molar-refractivity contribution in [2.24, 2.45) is 17.8 Å². The lowest BCUT2D eigenvalue weighted by Crippen LogP contribution is -2.27. The van der Waals surface area contributed by atoms with Crippen molar-refractivity contribution in [3.05, 3.63) is 23.1 Å². The van der Waals surface area contributed by atoms with Crippen LogP contribution in [0.15, 0.2) is 12.5 Å². The Labute approximate surface area is 148 Å². The second-order valence-electron chi connectivity index (χ2n) is 8.45. The van der Waals surface area contributed by atoms with Gasteiger partial charge in [-0.05, 0) is 55.8 Å². The first-order valence-electron chi connectivity index (χ1n) is 9.92. The van der Waals surface area contributed by atoms with Crippen molar-refractivity contribution in [1.82, 2.24) is 9.38 Å². The fraction of sp³-hybridized carbons (Fsp3) is 0.750. The Kier molecular flexibility index (Phi) is 3.93. The molecule has 2 aromatic rings. The van der Waals surface area contributed by atoms with Crippen LogP contribution in [0.4, 0.5) is 0 Å². The number of hydrogen-bond donors (Lipinski definition) is 1. The highest BCUT2D eigenvalue weighted by Gasteiger charge is 2.35. The maximum atomic E-state index is 11.0. The van der Waals surface area contributed by atoms with E-state index >= 15 is 0 Å². The molecular weight excluding hydrogens is 316 g/mol. The predicted molar refractivity (Wildman–Crippen MR) is 97.4 cm³/mol. The molecule has 130 valence electrons. The normalized spacial score (nSPS) is 29.7. The molecule has 1 N–H and O–H groups in total. The standard InChI is InChI=1S/C20H28N2OS/c23-17(10-13-4-6-15(7-5-13)14-2-1-3-14)19-20(16-8-9-16)24-18-11-21-12-22(18)19/h11-17,23H,1-10H2. The zero-order chi connectivity index (χ0) is 16.1. The number of nitrogens with zero attached hydrogens (tertiary/aromatic N) is 2. The van der Waals surface area contributed by atoms with Gasteiger partial charge in [0.05, 0.1) is 18.0 Å². The Morgan fingerprint density at radius 1 is 1.08 bits per heavy atom. The van der Waals surface area contributed by atoms with Crippen molar-refractivity contribution in [1.29, 1.82) is 0 Å². The molecule has 24 heavy (non-hydrogen) atoms. The summed E-state index contributed by atoms with van der Waals surface area (Å²) in [6, 6.07) is 0. The van der Waals surface area contributed by atoms with Crippen LogP contribution in [0.3, 0.4) is 0 Å². The summed E-state index contributed by atoms with van der Waals surface area (Å²) in [6.07, 6.45) is 17.0. The molecule has 1 unspecified atom stereocenters. The van der Waals surface area contributed by atoms with Gasteiger partial charge in [-0.2, -0.15) is 0 Å². The molecule has 0 amide bonds. The third-order valence-electron chi connectivity index (χ3n) is 6.86. The lowest BCUT2D eigenvalue weighted by Gasteiger charge is -2.38. The summed E-state index contributed by atoms with van der Waals surface area (Å²) in [5.74, 6) is 3.45. The van der Waals surface area contributed by atoms with E-state index in [0.29, 0.717) is 11.8 Å². The molecule has 2 aromatic heterocycles. The van der Waals surface area contributed by atoms with Crippen molar-refractivity contribution in [3.8, 4) is 0 Å². The topological polar surface area (TPSA) is 37.5 Å². The molecule has 0 saturated heterocycles. The largest absolute Gasteiger partial charge is 0.387 e. The number of aliphatic hydroxyl groups excluding tert-OH is 1. The van der Waals surface area contributed by atoms with Gasteiger partial charge in [-0.15, -0.1) is 11.3 Å². The number of rotatable bonds is 5. The minimum atomic E-state index is -0.311. The van der Waals surface area contributed by atoms with Crippen LogP contribution in [0.1, 0.15) is 86.8 Å². The molecule has 3 nitrogen and oxygen atoms in total. The van der Waals surface area contributed by atoms with E-state index < -0.39 is 0 Å². The molecule has 1 atom stereocenters. The van der Waals surface area contributed by atoms with Crippen LogP contribution < -0.4 is 0 Å². The van der Waals surface area contributed by atoms with Crippen LogP contribution in [0.2, 0.25) is 0 Å². The fourth-order valence-corrected chi connectivity index (χ4v) is 6.34. The molecule has 0 spiro atoms. The molecule has 4 heteroatoms. The van der Waals surface area contributed by atoms with Gasteiger partial charge in [0.2, 0.25) is 0 Å². The summed E-state index contributed by atoms with van der Waals surface area (Å²) in [6.45, 7) is 0. The van der Waals surface area contributed by atoms with E-state index in [4.69, 9.17) is 0 Å². The van der Waals surface area contributed by atoms with Crippen molar-refractivity contribution in [2.75, 3.05) is 0 Å². The van der Waals surface area contributed by atoms with Gasteiger partial charge in [0, 0.05) is 4.88 Å². The highest BCUT2D eigenvalue weighted by molar-refractivity contribution is 7.17. The zero-order valence-corrected chi connectivity index (χ0v) is 15.2. The minimum Gasteiger partial charge on any atom is -0.387 e. The van der Waals surface area contributed by atoms with E-state index in [1.807, 2.05) is 23.9 Å². The summed E-state index contributed by atoms with van der Waals surface area (Å²) in [4.78, 5) is 6.91. The molecule has 3 aliphatic carbocycles. The lowest BCUT2D eigenvalue weighted by molar-refractivity contribution is 0.0944. The monoisotopic (exact) mass is 344 g/mol. The maximum absolute atomic E-state index is 11.0. The highest BCUT2D eigenvalue weighted by atomic mass is 32.1. The van der Waals surface area contributed by atoms with Crippen molar-refractivity contribution in [3.63, 3.8) is 0 Å². The average Bonchev–Trinajstić information content (AvgIpc) is 3.16. The Morgan fingerprint density at radius 3 is 2.50 bits per heavy atom. The van der Waals surface area contributed by atoms with Gasteiger partial charge in [0.15, 0.2) is 0 Å². The Hall–Kier alpha value is -0.870. The molecule has 3 aliphatic rings. The summed E-state index contributed by atoms with van der Waals surface area (Å²) >= 11 is 1.85. The Morgan fingerprint density at radius 2 is 1.83 bits per heavy atom. The zero-order valence-electron chi connectivity index (χ0n) is 14.4. The van der Waals surface area contributed by atoms with Crippen LogP contribution in [-0.4, -0.2) is 14.5 Å². The summed E-state index contributed by atoms with van der Waals surface area (Å²) in [7, 11) is 0. The van der Waals surface area contributed by atoms with E-state index in [9.17, 15) is 5.11 Å². The number of thiazole rings is 1. The molecule has 0 bridgehead atoms. The Bertz CT molecular complexity index is 704. The molecule has 3 saturated carbocycles. The SMILES string of the molecule is OC(CC1CCC(C2CCC2)CC1)c1c(C2CC2)sc2cncn12.